The lowest BCUT2D eigenvalue weighted by Gasteiger charge is -2.41. The van der Waals surface area contributed by atoms with Gasteiger partial charge < -0.3 is 4.90 Å². The first-order valence-corrected chi connectivity index (χ1v) is 12.6. The van der Waals surface area contributed by atoms with E-state index < -0.39 is 0 Å². The highest BCUT2D eigenvalue weighted by molar-refractivity contribution is 7.99. The van der Waals surface area contributed by atoms with Gasteiger partial charge in [-0.3, -0.25) is 14.0 Å². The number of aromatic nitrogens is 2. The summed E-state index contributed by atoms with van der Waals surface area (Å²) in [5.74, 6) is 1.35. The molecule has 0 radical (unpaired) electrons. The Morgan fingerprint density at radius 2 is 1.70 bits per heavy atom. The van der Waals surface area contributed by atoms with Crippen LogP contribution >= 0.6 is 11.8 Å². The first-order valence-electron chi connectivity index (χ1n) is 11.5. The third kappa shape index (κ3) is 5.08. The van der Waals surface area contributed by atoms with E-state index in [1.807, 2.05) is 25.3 Å². The van der Waals surface area contributed by atoms with Gasteiger partial charge in [0, 0.05) is 30.1 Å². The molecule has 0 atom stereocenters. The SMILES string of the molecule is Cc1ccc2nc(CSCC(=O)N(C3CCCCC3)C3CCCCC3)cc(=O)n2c1. The maximum atomic E-state index is 13.3. The monoisotopic (exact) mass is 427 g/mol. The zero-order chi connectivity index (χ0) is 20.9. The van der Waals surface area contributed by atoms with E-state index >= 15 is 0 Å². The Morgan fingerprint density at radius 3 is 2.33 bits per heavy atom. The summed E-state index contributed by atoms with van der Waals surface area (Å²) in [5.41, 5.74) is 2.39. The lowest BCUT2D eigenvalue weighted by atomic mass is 9.88. The van der Waals surface area contributed by atoms with Gasteiger partial charge >= 0.3 is 0 Å². The van der Waals surface area contributed by atoms with Crippen LogP contribution in [0, 0.1) is 6.92 Å². The first-order chi connectivity index (χ1) is 14.6. The van der Waals surface area contributed by atoms with E-state index in [-0.39, 0.29) is 11.5 Å². The van der Waals surface area contributed by atoms with Crippen molar-refractivity contribution in [2.24, 2.45) is 0 Å². The summed E-state index contributed by atoms with van der Waals surface area (Å²) >= 11 is 1.59. The van der Waals surface area contributed by atoms with Gasteiger partial charge in [0.15, 0.2) is 0 Å². The van der Waals surface area contributed by atoms with Crippen LogP contribution in [-0.4, -0.2) is 38.0 Å². The molecule has 0 N–H and O–H groups in total. The Morgan fingerprint density at radius 1 is 1.07 bits per heavy atom. The van der Waals surface area contributed by atoms with Crippen LogP contribution in [0.3, 0.4) is 0 Å². The molecule has 4 rings (SSSR count). The number of hydrogen-bond acceptors (Lipinski definition) is 4. The second-order valence-corrected chi connectivity index (χ2v) is 9.88. The zero-order valence-electron chi connectivity index (χ0n) is 18.0. The molecule has 2 aliphatic rings. The van der Waals surface area contributed by atoms with E-state index in [2.05, 4.69) is 9.88 Å². The van der Waals surface area contributed by atoms with Crippen LogP contribution in [0.5, 0.6) is 0 Å². The maximum Gasteiger partial charge on any atom is 0.258 e. The molecule has 0 spiro atoms. The molecular weight excluding hydrogens is 394 g/mol. The fourth-order valence-electron chi connectivity index (χ4n) is 5.07. The Kier molecular flexibility index (Phi) is 7.13. The number of carbonyl (C=O) groups is 1. The molecule has 0 unspecified atom stereocenters. The van der Waals surface area contributed by atoms with E-state index in [0.29, 0.717) is 29.2 Å². The molecule has 30 heavy (non-hydrogen) atoms. The Hall–Kier alpha value is -1.82. The number of thioether (sulfide) groups is 1. The molecule has 0 bridgehead atoms. The zero-order valence-corrected chi connectivity index (χ0v) is 18.8. The first kappa shape index (κ1) is 21.4. The summed E-state index contributed by atoms with van der Waals surface area (Å²) < 4.78 is 1.59. The van der Waals surface area contributed by atoms with Crippen LogP contribution in [-0.2, 0) is 10.5 Å². The average molecular weight is 428 g/mol. The molecule has 5 nitrogen and oxygen atoms in total. The molecule has 6 heteroatoms. The fourth-order valence-corrected chi connectivity index (χ4v) is 5.86. The molecule has 2 saturated carbocycles. The van der Waals surface area contributed by atoms with E-state index in [9.17, 15) is 9.59 Å². The Labute approximate surface area is 183 Å². The molecule has 0 saturated heterocycles. The van der Waals surface area contributed by atoms with Gasteiger partial charge in [0.25, 0.3) is 5.56 Å². The topological polar surface area (TPSA) is 54.7 Å². The molecule has 2 heterocycles. The second kappa shape index (κ2) is 9.99. The number of nitrogens with zero attached hydrogens (tertiary/aromatic N) is 3. The van der Waals surface area contributed by atoms with Crippen molar-refractivity contribution < 1.29 is 4.79 Å². The van der Waals surface area contributed by atoms with Gasteiger partial charge in [0.05, 0.1) is 11.4 Å². The summed E-state index contributed by atoms with van der Waals surface area (Å²) in [6, 6.07) is 6.31. The molecular formula is C24H33N3O2S. The van der Waals surface area contributed by atoms with Crippen LogP contribution in [0.2, 0.25) is 0 Å². The van der Waals surface area contributed by atoms with Crippen LogP contribution in [0.4, 0.5) is 0 Å². The minimum Gasteiger partial charge on any atom is -0.336 e. The standard InChI is InChI=1S/C24H33N3O2S/c1-18-12-13-22-25-19(14-23(28)26(22)15-18)16-30-17-24(29)27(20-8-4-2-5-9-20)21-10-6-3-7-11-21/h12-15,20-21H,2-11,16-17H2,1H3. The van der Waals surface area contributed by atoms with Crippen molar-refractivity contribution in [3.05, 3.63) is 46.0 Å². The highest BCUT2D eigenvalue weighted by Gasteiger charge is 2.32. The quantitative estimate of drug-likeness (QED) is 0.669. The summed E-state index contributed by atoms with van der Waals surface area (Å²) in [4.78, 5) is 32.6. The summed E-state index contributed by atoms with van der Waals surface area (Å²) in [7, 11) is 0. The molecule has 2 fully saturated rings. The van der Waals surface area contributed by atoms with Gasteiger partial charge in [-0.25, -0.2) is 4.98 Å². The van der Waals surface area contributed by atoms with Crippen LogP contribution in [0.1, 0.15) is 75.5 Å². The van der Waals surface area contributed by atoms with Crippen LogP contribution in [0.25, 0.3) is 5.65 Å². The smallest absolute Gasteiger partial charge is 0.258 e. The lowest BCUT2D eigenvalue weighted by molar-refractivity contribution is -0.135. The molecule has 162 valence electrons. The van der Waals surface area contributed by atoms with Crippen molar-refractivity contribution in [2.75, 3.05) is 5.75 Å². The van der Waals surface area contributed by atoms with Gasteiger partial charge in [0.2, 0.25) is 5.91 Å². The summed E-state index contributed by atoms with van der Waals surface area (Å²) in [5, 5.41) is 0. The number of fused-ring (bicyclic) bond motifs is 1. The van der Waals surface area contributed by atoms with Crippen molar-refractivity contribution >= 4 is 23.3 Å². The summed E-state index contributed by atoms with van der Waals surface area (Å²) in [6.45, 7) is 1.96. The number of carbonyl (C=O) groups excluding carboxylic acids is 1. The van der Waals surface area contributed by atoms with E-state index in [0.717, 1.165) is 36.9 Å². The minimum absolute atomic E-state index is 0.0586. The predicted molar refractivity (Wildman–Crippen MR) is 123 cm³/mol. The highest BCUT2D eigenvalue weighted by atomic mass is 32.2. The van der Waals surface area contributed by atoms with E-state index in [1.165, 1.54) is 38.5 Å². The van der Waals surface area contributed by atoms with Crippen molar-refractivity contribution in [3.63, 3.8) is 0 Å². The van der Waals surface area contributed by atoms with Crippen LogP contribution < -0.4 is 5.56 Å². The van der Waals surface area contributed by atoms with Gasteiger partial charge in [-0.1, -0.05) is 44.6 Å². The second-order valence-electron chi connectivity index (χ2n) is 8.90. The molecule has 2 aromatic rings. The highest BCUT2D eigenvalue weighted by Crippen LogP contribution is 2.31. The molecule has 0 aliphatic heterocycles. The molecule has 0 aromatic carbocycles. The largest absolute Gasteiger partial charge is 0.336 e. The number of aryl methyl sites for hydroxylation is 1. The Bertz CT molecular complexity index is 912. The minimum atomic E-state index is -0.0586. The summed E-state index contributed by atoms with van der Waals surface area (Å²) in [6.07, 6.45) is 14.1. The Balaban J connectivity index is 1.41. The normalized spacial score (nSPS) is 18.6. The molecule has 1 amide bonds. The van der Waals surface area contributed by atoms with Crippen LogP contribution in [0.15, 0.2) is 29.2 Å². The van der Waals surface area contributed by atoms with Crippen molar-refractivity contribution in [3.8, 4) is 0 Å². The third-order valence-corrected chi connectivity index (χ3v) is 7.51. The van der Waals surface area contributed by atoms with Crippen molar-refractivity contribution in [1.82, 2.24) is 14.3 Å². The lowest BCUT2D eigenvalue weighted by Crippen LogP contribution is -2.49. The van der Waals surface area contributed by atoms with Gasteiger partial charge in [-0.15, -0.1) is 11.8 Å². The van der Waals surface area contributed by atoms with E-state index in [4.69, 9.17) is 0 Å². The van der Waals surface area contributed by atoms with Gasteiger partial charge in [0.1, 0.15) is 5.65 Å². The van der Waals surface area contributed by atoms with Crippen molar-refractivity contribution in [1.29, 1.82) is 0 Å². The molecule has 2 aromatic heterocycles. The third-order valence-electron chi connectivity index (χ3n) is 6.56. The predicted octanol–water partition coefficient (Wildman–Crippen LogP) is 4.73. The number of rotatable bonds is 6. The average Bonchev–Trinajstić information content (AvgIpc) is 2.76. The molecule has 2 aliphatic carbocycles. The fraction of sp³-hybridized carbons (Fsp3) is 0.625. The number of pyridine rings is 1. The van der Waals surface area contributed by atoms with E-state index in [1.54, 1.807) is 22.2 Å². The van der Waals surface area contributed by atoms with Gasteiger partial charge in [-0.2, -0.15) is 0 Å². The maximum absolute atomic E-state index is 13.3. The van der Waals surface area contributed by atoms with Crippen molar-refractivity contribution in [2.45, 2.75) is 89.0 Å². The van der Waals surface area contributed by atoms with Gasteiger partial charge in [-0.05, 0) is 44.2 Å². The number of amides is 1. The number of hydrogen-bond donors (Lipinski definition) is 0.